The summed E-state index contributed by atoms with van der Waals surface area (Å²) >= 11 is 0. The molecule has 0 amide bonds. The van der Waals surface area contributed by atoms with Gasteiger partial charge in [-0.05, 0) is 44.2 Å². The zero-order valence-corrected chi connectivity index (χ0v) is 12.8. The maximum Gasteiger partial charge on any atom is 0.308 e. The summed E-state index contributed by atoms with van der Waals surface area (Å²) in [6.07, 6.45) is 7.50. The van der Waals surface area contributed by atoms with E-state index in [2.05, 4.69) is 30.0 Å². The fraction of sp³-hybridized carbons (Fsp3) is 0.611. The van der Waals surface area contributed by atoms with Gasteiger partial charge in [-0.25, -0.2) is 0 Å². The molecule has 3 nitrogen and oxygen atoms in total. The molecule has 1 fully saturated rings. The van der Waals surface area contributed by atoms with Crippen molar-refractivity contribution >= 4 is 11.7 Å². The van der Waals surface area contributed by atoms with Crippen LogP contribution in [0.5, 0.6) is 0 Å². The smallest absolute Gasteiger partial charge is 0.308 e. The number of benzene rings is 1. The van der Waals surface area contributed by atoms with Crippen molar-refractivity contribution in [3.63, 3.8) is 0 Å². The van der Waals surface area contributed by atoms with Gasteiger partial charge in [0, 0.05) is 18.3 Å². The normalized spacial score (nSPS) is 26.0. The second-order valence-corrected chi connectivity index (χ2v) is 6.58. The van der Waals surface area contributed by atoms with Gasteiger partial charge in [0.15, 0.2) is 0 Å². The Morgan fingerprint density at radius 3 is 2.81 bits per heavy atom. The van der Waals surface area contributed by atoms with E-state index in [0.717, 1.165) is 45.1 Å². The topological polar surface area (TPSA) is 40.5 Å². The first-order valence-electron chi connectivity index (χ1n) is 8.26. The number of rotatable bonds is 2. The van der Waals surface area contributed by atoms with Crippen LogP contribution in [0.4, 0.5) is 5.69 Å². The Bertz CT molecular complexity index is 526. The first kappa shape index (κ1) is 14.4. The number of hydrogen-bond acceptors (Lipinski definition) is 2. The zero-order chi connectivity index (χ0) is 14.8. The van der Waals surface area contributed by atoms with Crippen LogP contribution in [0.15, 0.2) is 18.2 Å². The highest BCUT2D eigenvalue weighted by atomic mass is 16.4. The Morgan fingerprint density at radius 1 is 1.19 bits per heavy atom. The number of carbonyl (C=O) groups is 1. The number of hydrogen-bond donors (Lipinski definition) is 1. The fourth-order valence-corrected chi connectivity index (χ4v) is 4.05. The van der Waals surface area contributed by atoms with Gasteiger partial charge in [-0.2, -0.15) is 0 Å². The van der Waals surface area contributed by atoms with Crippen LogP contribution in [-0.2, 0) is 11.2 Å². The van der Waals surface area contributed by atoms with E-state index < -0.39 is 5.97 Å². The van der Waals surface area contributed by atoms with Gasteiger partial charge >= 0.3 is 5.97 Å². The van der Waals surface area contributed by atoms with Crippen LogP contribution < -0.4 is 4.90 Å². The molecule has 0 bridgehead atoms. The van der Waals surface area contributed by atoms with E-state index in [1.807, 2.05) is 0 Å². The van der Waals surface area contributed by atoms with Crippen LogP contribution in [0.25, 0.3) is 0 Å². The van der Waals surface area contributed by atoms with Gasteiger partial charge in [0.25, 0.3) is 0 Å². The number of aryl methyl sites for hydroxylation is 2. The van der Waals surface area contributed by atoms with Crippen LogP contribution in [0.2, 0.25) is 0 Å². The predicted octanol–water partition coefficient (Wildman–Crippen LogP) is 3.78. The number of carboxylic acids is 1. The summed E-state index contributed by atoms with van der Waals surface area (Å²) in [6, 6.07) is 6.80. The Hall–Kier alpha value is -1.51. The lowest BCUT2D eigenvalue weighted by Crippen LogP contribution is -2.45. The lowest BCUT2D eigenvalue weighted by atomic mass is 9.90. The summed E-state index contributed by atoms with van der Waals surface area (Å²) < 4.78 is 0. The minimum absolute atomic E-state index is 0.173. The van der Waals surface area contributed by atoms with Crippen LogP contribution >= 0.6 is 0 Å². The molecule has 1 saturated carbocycles. The molecule has 2 aliphatic rings. The number of carboxylic acid groups (broad SMARTS) is 1. The largest absolute Gasteiger partial charge is 0.481 e. The average Bonchev–Trinajstić information content (AvgIpc) is 2.72. The molecule has 1 aromatic carbocycles. The standard InChI is InChI=1S/C18H25NO2/c1-13-9-10-16-14(12-13)6-5-11-19(16)17-8-4-2-3-7-15(17)18(20)21/h9-10,12,15,17H,2-8,11H2,1H3,(H,20,21). The monoisotopic (exact) mass is 287 g/mol. The molecule has 1 N–H and O–H groups in total. The van der Waals surface area contributed by atoms with E-state index in [1.54, 1.807) is 0 Å². The second-order valence-electron chi connectivity index (χ2n) is 6.58. The molecule has 0 spiro atoms. The van der Waals surface area contributed by atoms with E-state index in [9.17, 15) is 9.90 Å². The third kappa shape index (κ3) is 2.92. The van der Waals surface area contributed by atoms with E-state index >= 15 is 0 Å². The van der Waals surface area contributed by atoms with Crippen molar-refractivity contribution in [1.29, 1.82) is 0 Å². The van der Waals surface area contributed by atoms with Gasteiger partial charge in [0.1, 0.15) is 0 Å². The highest BCUT2D eigenvalue weighted by molar-refractivity contribution is 5.72. The molecule has 1 aliphatic carbocycles. The van der Waals surface area contributed by atoms with Gasteiger partial charge in [0.2, 0.25) is 0 Å². The molecule has 0 aromatic heterocycles. The van der Waals surface area contributed by atoms with E-state index in [4.69, 9.17) is 0 Å². The maximum absolute atomic E-state index is 11.7. The Labute approximate surface area is 127 Å². The van der Waals surface area contributed by atoms with Crippen molar-refractivity contribution in [2.24, 2.45) is 5.92 Å². The van der Waals surface area contributed by atoms with Gasteiger partial charge in [-0.15, -0.1) is 0 Å². The molecule has 3 heteroatoms. The SMILES string of the molecule is Cc1ccc2c(c1)CCCN2C1CCCCCC1C(=O)O. The molecule has 2 unspecified atom stereocenters. The Balaban J connectivity index is 1.93. The molecule has 114 valence electrons. The van der Waals surface area contributed by atoms with Crippen molar-refractivity contribution in [2.75, 3.05) is 11.4 Å². The van der Waals surface area contributed by atoms with Gasteiger partial charge in [-0.1, -0.05) is 37.0 Å². The molecule has 1 heterocycles. The minimum Gasteiger partial charge on any atom is -0.481 e. The van der Waals surface area contributed by atoms with Crippen molar-refractivity contribution in [3.05, 3.63) is 29.3 Å². The van der Waals surface area contributed by atoms with Crippen LogP contribution in [0.1, 0.15) is 49.7 Å². The highest BCUT2D eigenvalue weighted by Crippen LogP contribution is 2.36. The Morgan fingerprint density at radius 2 is 2.00 bits per heavy atom. The van der Waals surface area contributed by atoms with E-state index in [0.29, 0.717) is 0 Å². The van der Waals surface area contributed by atoms with Gasteiger partial charge in [-0.3, -0.25) is 4.79 Å². The second kappa shape index (κ2) is 6.08. The summed E-state index contributed by atoms with van der Waals surface area (Å²) in [5.74, 6) is -0.819. The molecule has 0 radical (unpaired) electrons. The summed E-state index contributed by atoms with van der Waals surface area (Å²) in [5.41, 5.74) is 3.98. The fourth-order valence-electron chi connectivity index (χ4n) is 4.05. The predicted molar refractivity (Wildman–Crippen MR) is 84.8 cm³/mol. The van der Waals surface area contributed by atoms with Crippen molar-refractivity contribution in [2.45, 2.75) is 57.9 Å². The Kier molecular flexibility index (Phi) is 4.18. The van der Waals surface area contributed by atoms with Crippen LogP contribution in [0.3, 0.4) is 0 Å². The first-order valence-corrected chi connectivity index (χ1v) is 8.26. The maximum atomic E-state index is 11.7. The zero-order valence-electron chi connectivity index (χ0n) is 12.8. The average molecular weight is 287 g/mol. The molecule has 21 heavy (non-hydrogen) atoms. The first-order chi connectivity index (χ1) is 10.2. The van der Waals surface area contributed by atoms with Gasteiger partial charge < -0.3 is 10.0 Å². The lowest BCUT2D eigenvalue weighted by Gasteiger charge is -2.40. The van der Waals surface area contributed by atoms with Crippen molar-refractivity contribution < 1.29 is 9.90 Å². The molecule has 3 rings (SSSR count). The number of anilines is 1. The minimum atomic E-state index is -0.610. The molecular weight excluding hydrogens is 262 g/mol. The summed E-state index contributed by atoms with van der Waals surface area (Å²) in [6.45, 7) is 3.13. The van der Waals surface area contributed by atoms with E-state index in [-0.39, 0.29) is 12.0 Å². The van der Waals surface area contributed by atoms with Crippen LogP contribution in [-0.4, -0.2) is 23.7 Å². The molecule has 1 aliphatic heterocycles. The van der Waals surface area contributed by atoms with E-state index in [1.165, 1.54) is 23.2 Å². The summed E-state index contributed by atoms with van der Waals surface area (Å²) in [4.78, 5) is 14.1. The summed E-state index contributed by atoms with van der Waals surface area (Å²) in [7, 11) is 0. The van der Waals surface area contributed by atoms with Gasteiger partial charge in [0.05, 0.1) is 5.92 Å². The highest BCUT2D eigenvalue weighted by Gasteiger charge is 2.35. The van der Waals surface area contributed by atoms with Crippen LogP contribution in [0, 0.1) is 12.8 Å². The lowest BCUT2D eigenvalue weighted by molar-refractivity contribution is -0.142. The number of fused-ring (bicyclic) bond motifs is 1. The number of nitrogens with zero attached hydrogens (tertiary/aromatic N) is 1. The molecule has 2 atom stereocenters. The third-order valence-corrected chi connectivity index (χ3v) is 5.09. The third-order valence-electron chi connectivity index (χ3n) is 5.09. The van der Waals surface area contributed by atoms with Crippen molar-refractivity contribution in [1.82, 2.24) is 0 Å². The number of aliphatic carboxylic acids is 1. The van der Waals surface area contributed by atoms with Crippen molar-refractivity contribution in [3.8, 4) is 0 Å². The molecule has 0 saturated heterocycles. The summed E-state index contributed by atoms with van der Waals surface area (Å²) in [5, 5.41) is 9.63. The molecular formula is C18H25NO2. The molecule has 1 aromatic rings. The quantitative estimate of drug-likeness (QED) is 0.842.